The maximum absolute atomic E-state index is 12.6. The van der Waals surface area contributed by atoms with Crippen molar-refractivity contribution in [2.24, 2.45) is 11.7 Å². The highest BCUT2D eigenvalue weighted by molar-refractivity contribution is 4.77. The predicted octanol–water partition coefficient (Wildman–Crippen LogP) is 3.43. The fraction of sp³-hybridized carbons (Fsp3) is 1.00. The van der Waals surface area contributed by atoms with Gasteiger partial charge in [0.2, 0.25) is 5.92 Å². The van der Waals surface area contributed by atoms with E-state index in [9.17, 15) is 8.78 Å². The fourth-order valence-corrected chi connectivity index (χ4v) is 1.62. The van der Waals surface area contributed by atoms with Gasteiger partial charge in [-0.3, -0.25) is 0 Å². The van der Waals surface area contributed by atoms with E-state index in [1.807, 2.05) is 13.8 Å². The van der Waals surface area contributed by atoms with Gasteiger partial charge in [-0.25, -0.2) is 8.78 Å². The van der Waals surface area contributed by atoms with Crippen molar-refractivity contribution in [2.45, 2.75) is 51.9 Å². The molecular formula is C10H23F2N. The molecule has 0 bridgehead atoms. The summed E-state index contributed by atoms with van der Waals surface area (Å²) in [6.07, 6.45) is 2.36. The Hall–Kier alpha value is -0.180. The first-order chi connectivity index (χ1) is 6.14. The number of halogens is 2. The molecule has 3 heteroatoms. The van der Waals surface area contributed by atoms with Gasteiger partial charge < -0.3 is 5.73 Å². The van der Waals surface area contributed by atoms with Crippen molar-refractivity contribution in [3.05, 3.63) is 0 Å². The van der Waals surface area contributed by atoms with Crippen LogP contribution in [0.3, 0.4) is 0 Å². The number of hydrogen-bond donors (Lipinski definition) is 1. The van der Waals surface area contributed by atoms with Crippen LogP contribution in [0, 0.1) is 5.92 Å². The van der Waals surface area contributed by atoms with Crippen molar-refractivity contribution in [3.8, 4) is 0 Å². The quantitative estimate of drug-likeness (QED) is 0.717. The van der Waals surface area contributed by atoms with Gasteiger partial charge in [0.05, 0.1) is 0 Å². The van der Waals surface area contributed by atoms with Crippen LogP contribution >= 0.6 is 0 Å². The molecule has 0 aromatic carbocycles. The molecular weight excluding hydrogens is 172 g/mol. The van der Waals surface area contributed by atoms with Crippen molar-refractivity contribution in [1.82, 2.24) is 0 Å². The second-order valence-corrected chi connectivity index (χ2v) is 3.38. The van der Waals surface area contributed by atoms with Gasteiger partial charge in [0, 0.05) is 14.3 Å². The smallest absolute Gasteiger partial charge is 0.248 e. The molecule has 1 saturated carbocycles. The first-order valence-corrected chi connectivity index (χ1v) is 5.22. The molecule has 1 rings (SSSR count). The van der Waals surface area contributed by atoms with Crippen molar-refractivity contribution in [1.29, 1.82) is 0 Å². The molecule has 0 spiro atoms. The van der Waals surface area contributed by atoms with Gasteiger partial charge >= 0.3 is 0 Å². The van der Waals surface area contributed by atoms with Crippen molar-refractivity contribution in [2.75, 3.05) is 6.54 Å². The minimum atomic E-state index is -2.38. The Balaban J connectivity index is 0. The lowest BCUT2D eigenvalue weighted by Crippen LogP contribution is -2.25. The summed E-state index contributed by atoms with van der Waals surface area (Å²) in [5, 5.41) is 0. The third kappa shape index (κ3) is 5.19. The van der Waals surface area contributed by atoms with E-state index < -0.39 is 5.92 Å². The Morgan fingerprint density at radius 2 is 1.77 bits per heavy atom. The van der Waals surface area contributed by atoms with Crippen molar-refractivity contribution < 1.29 is 10.2 Å². The molecule has 0 amide bonds. The number of alkyl halides is 2. The molecule has 1 aliphatic rings. The molecule has 1 aliphatic carbocycles. The zero-order valence-electron chi connectivity index (χ0n) is 8.65. The monoisotopic (exact) mass is 195 g/mol. The molecule has 0 unspecified atom stereocenters. The largest absolute Gasteiger partial charge is 0.330 e. The molecule has 0 aromatic rings. The normalized spacial score (nSPS) is 21.9. The van der Waals surface area contributed by atoms with Gasteiger partial charge in [0.15, 0.2) is 0 Å². The average Bonchev–Trinajstić information content (AvgIpc) is 2.13. The predicted molar refractivity (Wildman–Crippen MR) is 54.0 cm³/mol. The van der Waals surface area contributed by atoms with E-state index in [2.05, 4.69) is 0 Å². The standard InChI is InChI=1S/C8H15F2N.C2H6.H2/c9-8(10)4-1-7(2-5-8)3-6-11;1-2;/h7H,1-6,11H2;1-2H3;1H. The molecule has 2 N–H and O–H groups in total. The molecule has 1 nitrogen and oxygen atoms in total. The van der Waals surface area contributed by atoms with E-state index in [1.165, 1.54) is 0 Å². The second kappa shape index (κ2) is 6.30. The van der Waals surface area contributed by atoms with Gasteiger partial charge in [0.25, 0.3) is 0 Å². The summed E-state index contributed by atoms with van der Waals surface area (Å²) < 4.78 is 25.2. The molecule has 0 heterocycles. The topological polar surface area (TPSA) is 26.0 Å². The minimum Gasteiger partial charge on any atom is -0.330 e. The van der Waals surface area contributed by atoms with Crippen LogP contribution < -0.4 is 5.73 Å². The molecule has 13 heavy (non-hydrogen) atoms. The number of rotatable bonds is 2. The van der Waals surface area contributed by atoms with Gasteiger partial charge in [-0.1, -0.05) is 13.8 Å². The van der Waals surface area contributed by atoms with E-state index in [0.29, 0.717) is 25.3 Å². The Bertz CT molecular complexity index is 121. The van der Waals surface area contributed by atoms with Gasteiger partial charge in [-0.15, -0.1) is 0 Å². The van der Waals surface area contributed by atoms with Gasteiger partial charge in [-0.05, 0) is 31.7 Å². The van der Waals surface area contributed by atoms with Crippen LogP contribution in [0.1, 0.15) is 47.4 Å². The minimum absolute atomic E-state index is 0. The summed E-state index contributed by atoms with van der Waals surface area (Å²) in [5.74, 6) is -1.93. The highest BCUT2D eigenvalue weighted by Crippen LogP contribution is 2.36. The van der Waals surface area contributed by atoms with E-state index in [0.717, 1.165) is 6.42 Å². The molecule has 0 aliphatic heterocycles. The summed E-state index contributed by atoms with van der Waals surface area (Å²) in [6.45, 7) is 4.64. The molecule has 0 atom stereocenters. The number of hydrogen-bond acceptors (Lipinski definition) is 1. The van der Waals surface area contributed by atoms with Crippen molar-refractivity contribution >= 4 is 0 Å². The van der Waals surface area contributed by atoms with Crippen LogP contribution in [0.25, 0.3) is 0 Å². The molecule has 0 radical (unpaired) electrons. The summed E-state index contributed by atoms with van der Waals surface area (Å²) >= 11 is 0. The van der Waals surface area contributed by atoms with Crippen LogP contribution in [0.15, 0.2) is 0 Å². The van der Waals surface area contributed by atoms with Gasteiger partial charge in [0.1, 0.15) is 0 Å². The molecule has 0 aromatic heterocycles. The third-order valence-electron chi connectivity index (χ3n) is 2.41. The maximum atomic E-state index is 12.6. The zero-order valence-corrected chi connectivity index (χ0v) is 8.65. The fourth-order valence-electron chi connectivity index (χ4n) is 1.62. The summed E-state index contributed by atoms with van der Waals surface area (Å²) in [5.41, 5.74) is 5.34. The van der Waals surface area contributed by atoms with E-state index in [-0.39, 0.29) is 14.3 Å². The Kier molecular flexibility index (Phi) is 6.21. The molecule has 82 valence electrons. The highest BCUT2D eigenvalue weighted by atomic mass is 19.3. The van der Waals surface area contributed by atoms with E-state index in [4.69, 9.17) is 5.73 Å². The van der Waals surface area contributed by atoms with Gasteiger partial charge in [-0.2, -0.15) is 0 Å². The first-order valence-electron chi connectivity index (χ1n) is 5.22. The van der Waals surface area contributed by atoms with Crippen LogP contribution in [-0.4, -0.2) is 12.5 Å². The number of nitrogens with two attached hydrogens (primary N) is 1. The lowest BCUT2D eigenvalue weighted by atomic mass is 9.85. The second-order valence-electron chi connectivity index (χ2n) is 3.38. The van der Waals surface area contributed by atoms with Crippen LogP contribution in [0.4, 0.5) is 8.78 Å². The average molecular weight is 195 g/mol. The van der Waals surface area contributed by atoms with Crippen LogP contribution in [0.2, 0.25) is 0 Å². The van der Waals surface area contributed by atoms with E-state index in [1.54, 1.807) is 0 Å². The highest BCUT2D eigenvalue weighted by Gasteiger charge is 2.34. The third-order valence-corrected chi connectivity index (χ3v) is 2.41. The van der Waals surface area contributed by atoms with Crippen LogP contribution in [0.5, 0.6) is 0 Å². The Morgan fingerprint density at radius 3 is 2.15 bits per heavy atom. The molecule has 1 fully saturated rings. The maximum Gasteiger partial charge on any atom is 0.248 e. The summed E-state index contributed by atoms with van der Waals surface area (Å²) in [7, 11) is 0. The zero-order chi connectivity index (χ0) is 10.3. The lowest BCUT2D eigenvalue weighted by molar-refractivity contribution is -0.0462. The van der Waals surface area contributed by atoms with Crippen LogP contribution in [-0.2, 0) is 0 Å². The SMILES string of the molecule is CC.NCCC1CCC(F)(F)CC1.[HH]. The summed E-state index contributed by atoms with van der Waals surface area (Å²) in [6, 6.07) is 0. The first kappa shape index (κ1) is 12.8. The molecule has 0 saturated heterocycles. The van der Waals surface area contributed by atoms with E-state index >= 15 is 0 Å². The Labute approximate surface area is 81.2 Å². The Morgan fingerprint density at radius 1 is 1.31 bits per heavy atom. The lowest BCUT2D eigenvalue weighted by Gasteiger charge is -2.27. The summed E-state index contributed by atoms with van der Waals surface area (Å²) in [4.78, 5) is 0. The van der Waals surface area contributed by atoms with Crippen molar-refractivity contribution in [3.63, 3.8) is 0 Å².